The van der Waals surface area contributed by atoms with Crippen molar-refractivity contribution >= 4 is 9.84 Å². The number of para-hydroxylation sites is 2. The van der Waals surface area contributed by atoms with Crippen molar-refractivity contribution in [2.75, 3.05) is 31.8 Å². The lowest BCUT2D eigenvalue weighted by Gasteiger charge is -2.24. The topological polar surface area (TPSA) is 64.6 Å². The van der Waals surface area contributed by atoms with Crippen LogP contribution in [0.1, 0.15) is 0 Å². The summed E-state index contributed by atoms with van der Waals surface area (Å²) in [5.41, 5.74) is 0. The molecule has 1 fully saturated rings. The molecular weight excluding hydrogens is 254 g/mol. The van der Waals surface area contributed by atoms with Crippen LogP contribution in [0.3, 0.4) is 0 Å². The largest absolute Gasteiger partial charge is 0.493 e. The van der Waals surface area contributed by atoms with E-state index in [9.17, 15) is 8.42 Å². The Hall–Kier alpha value is -1.27. The number of sulfone groups is 1. The van der Waals surface area contributed by atoms with Gasteiger partial charge >= 0.3 is 0 Å². The van der Waals surface area contributed by atoms with Gasteiger partial charge in [-0.15, -0.1) is 0 Å². The minimum absolute atomic E-state index is 0.127. The molecule has 100 valence electrons. The second-order valence-electron chi connectivity index (χ2n) is 4.23. The first-order chi connectivity index (χ1) is 8.61. The molecule has 1 unspecified atom stereocenters. The van der Waals surface area contributed by atoms with Gasteiger partial charge in [0.05, 0.1) is 24.7 Å². The van der Waals surface area contributed by atoms with Crippen molar-refractivity contribution in [2.24, 2.45) is 0 Å². The van der Waals surface area contributed by atoms with Gasteiger partial charge in [0.2, 0.25) is 0 Å². The number of methoxy groups -OCH3 is 1. The van der Waals surface area contributed by atoms with E-state index in [1.807, 2.05) is 12.1 Å². The quantitative estimate of drug-likeness (QED) is 0.862. The van der Waals surface area contributed by atoms with E-state index in [4.69, 9.17) is 9.47 Å². The first-order valence-corrected chi connectivity index (χ1v) is 7.62. The molecule has 18 heavy (non-hydrogen) atoms. The van der Waals surface area contributed by atoms with Gasteiger partial charge < -0.3 is 14.8 Å². The Morgan fingerprint density at radius 1 is 1.33 bits per heavy atom. The van der Waals surface area contributed by atoms with Gasteiger partial charge in [-0.25, -0.2) is 8.42 Å². The number of ether oxygens (including phenoxy) is 2. The fraction of sp³-hybridized carbons (Fsp3) is 0.500. The van der Waals surface area contributed by atoms with Crippen LogP contribution in [0.5, 0.6) is 11.5 Å². The number of rotatable bonds is 4. The average molecular weight is 271 g/mol. The summed E-state index contributed by atoms with van der Waals surface area (Å²) in [6.07, 6.45) is 0. The van der Waals surface area contributed by atoms with Crippen LogP contribution in [0.15, 0.2) is 24.3 Å². The van der Waals surface area contributed by atoms with Crippen LogP contribution in [0.2, 0.25) is 0 Å². The molecule has 1 aliphatic heterocycles. The monoisotopic (exact) mass is 271 g/mol. The Bertz CT molecular complexity index is 501. The molecule has 1 aromatic carbocycles. The Morgan fingerprint density at radius 2 is 2.06 bits per heavy atom. The molecule has 0 radical (unpaired) electrons. The first-order valence-electron chi connectivity index (χ1n) is 5.80. The normalized spacial score (nSPS) is 22.4. The smallest absolute Gasteiger partial charge is 0.161 e. The van der Waals surface area contributed by atoms with Crippen LogP contribution in [0, 0.1) is 0 Å². The van der Waals surface area contributed by atoms with E-state index in [1.165, 1.54) is 0 Å². The van der Waals surface area contributed by atoms with Crippen LogP contribution in [0.4, 0.5) is 0 Å². The van der Waals surface area contributed by atoms with Crippen molar-refractivity contribution in [3.05, 3.63) is 24.3 Å². The molecule has 6 heteroatoms. The first kappa shape index (κ1) is 13.2. The number of nitrogens with one attached hydrogen (secondary N) is 1. The van der Waals surface area contributed by atoms with Gasteiger partial charge in [0.1, 0.15) is 6.61 Å². The zero-order valence-electron chi connectivity index (χ0n) is 10.3. The Morgan fingerprint density at radius 3 is 2.72 bits per heavy atom. The molecule has 1 heterocycles. The highest BCUT2D eigenvalue weighted by molar-refractivity contribution is 7.91. The van der Waals surface area contributed by atoms with E-state index in [2.05, 4.69) is 5.32 Å². The highest BCUT2D eigenvalue weighted by Crippen LogP contribution is 2.25. The van der Waals surface area contributed by atoms with Gasteiger partial charge in [0.25, 0.3) is 0 Å². The van der Waals surface area contributed by atoms with Crippen LogP contribution >= 0.6 is 0 Å². The van der Waals surface area contributed by atoms with Crippen LogP contribution < -0.4 is 14.8 Å². The Balaban J connectivity index is 1.95. The molecule has 1 aromatic rings. The highest BCUT2D eigenvalue weighted by atomic mass is 32.2. The van der Waals surface area contributed by atoms with Crippen LogP contribution in [-0.2, 0) is 9.84 Å². The summed E-state index contributed by atoms with van der Waals surface area (Å²) >= 11 is 0. The summed E-state index contributed by atoms with van der Waals surface area (Å²) in [5, 5.41) is 3.14. The predicted molar refractivity (Wildman–Crippen MR) is 68.9 cm³/mol. The lowest BCUT2D eigenvalue weighted by Crippen LogP contribution is -2.48. The van der Waals surface area contributed by atoms with E-state index in [1.54, 1.807) is 19.2 Å². The Kier molecular flexibility index (Phi) is 4.08. The average Bonchev–Trinajstić information content (AvgIpc) is 2.35. The summed E-state index contributed by atoms with van der Waals surface area (Å²) in [5.74, 6) is 1.61. The summed E-state index contributed by atoms with van der Waals surface area (Å²) in [6.45, 7) is 0.807. The van der Waals surface area contributed by atoms with Gasteiger partial charge in [0, 0.05) is 6.54 Å². The standard InChI is InChI=1S/C12H17NO4S/c1-16-11-4-2-3-5-12(11)17-8-10-9-18(14,15)7-6-13-10/h2-5,10,13H,6-9H2,1H3. The molecule has 1 atom stereocenters. The van der Waals surface area contributed by atoms with Crippen molar-refractivity contribution in [3.8, 4) is 11.5 Å². The molecule has 0 bridgehead atoms. The highest BCUT2D eigenvalue weighted by Gasteiger charge is 2.24. The summed E-state index contributed by atoms with van der Waals surface area (Å²) in [4.78, 5) is 0. The summed E-state index contributed by atoms with van der Waals surface area (Å²) in [6, 6.07) is 7.16. The van der Waals surface area contributed by atoms with Crippen molar-refractivity contribution < 1.29 is 17.9 Å². The van der Waals surface area contributed by atoms with E-state index in [-0.39, 0.29) is 17.5 Å². The van der Waals surface area contributed by atoms with E-state index in [0.29, 0.717) is 24.7 Å². The Labute approximate surface area is 107 Å². The molecule has 0 spiro atoms. The third-order valence-electron chi connectivity index (χ3n) is 2.81. The van der Waals surface area contributed by atoms with Gasteiger partial charge in [-0.1, -0.05) is 12.1 Å². The molecule has 5 nitrogen and oxygen atoms in total. The van der Waals surface area contributed by atoms with Gasteiger partial charge in [-0.05, 0) is 12.1 Å². The predicted octanol–water partition coefficient (Wildman–Crippen LogP) is 0.461. The molecule has 0 saturated carbocycles. The van der Waals surface area contributed by atoms with Gasteiger partial charge in [0.15, 0.2) is 21.3 Å². The molecule has 1 saturated heterocycles. The van der Waals surface area contributed by atoms with Crippen molar-refractivity contribution in [1.82, 2.24) is 5.32 Å². The van der Waals surface area contributed by atoms with Gasteiger partial charge in [-0.2, -0.15) is 0 Å². The molecule has 0 aromatic heterocycles. The van der Waals surface area contributed by atoms with E-state index in [0.717, 1.165) is 0 Å². The second kappa shape index (κ2) is 5.58. The minimum atomic E-state index is -2.93. The van der Waals surface area contributed by atoms with Crippen LogP contribution in [-0.4, -0.2) is 46.2 Å². The maximum Gasteiger partial charge on any atom is 0.161 e. The lowest BCUT2D eigenvalue weighted by molar-refractivity contribution is 0.259. The lowest BCUT2D eigenvalue weighted by atomic mass is 10.3. The molecule has 2 rings (SSSR count). The van der Waals surface area contributed by atoms with Crippen molar-refractivity contribution in [3.63, 3.8) is 0 Å². The zero-order chi connectivity index (χ0) is 13.0. The summed E-state index contributed by atoms with van der Waals surface area (Å²) in [7, 11) is -1.35. The molecule has 1 N–H and O–H groups in total. The third-order valence-corrected chi connectivity index (χ3v) is 4.55. The molecule has 0 amide bonds. The molecular formula is C12H17NO4S. The molecule has 0 aliphatic carbocycles. The number of hydrogen-bond acceptors (Lipinski definition) is 5. The van der Waals surface area contributed by atoms with E-state index < -0.39 is 9.84 Å². The fourth-order valence-electron chi connectivity index (χ4n) is 1.90. The number of hydrogen-bond donors (Lipinski definition) is 1. The van der Waals surface area contributed by atoms with Crippen molar-refractivity contribution in [2.45, 2.75) is 6.04 Å². The third kappa shape index (κ3) is 3.36. The minimum Gasteiger partial charge on any atom is -0.493 e. The maximum absolute atomic E-state index is 11.5. The summed E-state index contributed by atoms with van der Waals surface area (Å²) < 4.78 is 33.7. The van der Waals surface area contributed by atoms with Gasteiger partial charge in [-0.3, -0.25) is 0 Å². The number of benzene rings is 1. The maximum atomic E-state index is 11.5. The second-order valence-corrected chi connectivity index (χ2v) is 6.46. The van der Waals surface area contributed by atoms with Crippen LogP contribution in [0.25, 0.3) is 0 Å². The zero-order valence-corrected chi connectivity index (χ0v) is 11.1. The SMILES string of the molecule is COc1ccccc1OCC1CS(=O)(=O)CCN1. The van der Waals surface area contributed by atoms with Crippen molar-refractivity contribution in [1.29, 1.82) is 0 Å². The van der Waals surface area contributed by atoms with E-state index >= 15 is 0 Å². The fourth-order valence-corrected chi connectivity index (χ4v) is 3.33. The molecule has 1 aliphatic rings.